The topological polar surface area (TPSA) is 81.2 Å². The summed E-state index contributed by atoms with van der Waals surface area (Å²) in [6, 6.07) is 8.45. The van der Waals surface area contributed by atoms with Gasteiger partial charge in [-0.15, -0.1) is 0 Å². The Hall–Kier alpha value is -3.21. The predicted octanol–water partition coefficient (Wildman–Crippen LogP) is 5.16. The molecule has 1 aromatic carbocycles. The van der Waals surface area contributed by atoms with E-state index in [-0.39, 0.29) is 22.8 Å². The van der Waals surface area contributed by atoms with E-state index in [1.54, 1.807) is 12.1 Å². The normalized spacial score (nSPS) is 12.0. The van der Waals surface area contributed by atoms with Crippen LogP contribution in [0.25, 0.3) is 11.1 Å². The van der Waals surface area contributed by atoms with Gasteiger partial charge in [-0.3, -0.25) is 0 Å². The Labute approximate surface area is 188 Å². The van der Waals surface area contributed by atoms with Crippen LogP contribution in [0.1, 0.15) is 23.7 Å². The first-order valence-corrected chi connectivity index (χ1v) is 11.8. The Bertz CT molecular complexity index is 1280. The molecular weight excluding hydrogens is 462 g/mol. The van der Waals surface area contributed by atoms with Crippen LogP contribution in [0.4, 0.5) is 29.2 Å². The summed E-state index contributed by atoms with van der Waals surface area (Å²) in [5.41, 5.74) is 0.185. The molecule has 0 spiro atoms. The molecule has 3 aromatic rings. The van der Waals surface area contributed by atoms with Crippen LogP contribution in [0.15, 0.2) is 42.6 Å². The van der Waals surface area contributed by atoms with Crippen molar-refractivity contribution in [3.05, 3.63) is 65.2 Å². The monoisotopic (exact) mass is 483 g/mol. The number of alkyl halides is 3. The minimum Gasteiger partial charge on any atom is -0.496 e. The summed E-state index contributed by atoms with van der Waals surface area (Å²) in [7, 11) is -2.14. The SMILES string of the molecule is CCc1ccc(-c2cc(Nc3cc(CS(C)(=O)=O)cc(C(F)(F)F)n3)ncc2F)c(OC)c1. The third-order valence-electron chi connectivity index (χ3n) is 4.68. The molecule has 0 bridgehead atoms. The van der Waals surface area contributed by atoms with Gasteiger partial charge in [-0.05, 0) is 41.8 Å². The van der Waals surface area contributed by atoms with Crippen LogP contribution in [0.3, 0.4) is 0 Å². The minimum absolute atomic E-state index is 0.0187. The van der Waals surface area contributed by atoms with Crippen molar-refractivity contribution in [2.45, 2.75) is 25.3 Å². The van der Waals surface area contributed by atoms with Gasteiger partial charge in [0.05, 0.1) is 19.1 Å². The van der Waals surface area contributed by atoms with Crippen LogP contribution in [-0.4, -0.2) is 31.8 Å². The molecule has 176 valence electrons. The predicted molar refractivity (Wildman–Crippen MR) is 117 cm³/mol. The number of sulfone groups is 1. The van der Waals surface area contributed by atoms with Crippen LogP contribution in [0.2, 0.25) is 0 Å². The third-order valence-corrected chi connectivity index (χ3v) is 5.54. The van der Waals surface area contributed by atoms with E-state index in [1.165, 1.54) is 19.2 Å². The van der Waals surface area contributed by atoms with Crippen LogP contribution in [0, 0.1) is 5.82 Å². The molecule has 0 fully saturated rings. The first kappa shape index (κ1) is 24.4. The van der Waals surface area contributed by atoms with Gasteiger partial charge in [0.2, 0.25) is 0 Å². The molecule has 33 heavy (non-hydrogen) atoms. The van der Waals surface area contributed by atoms with Crippen molar-refractivity contribution in [3.63, 3.8) is 0 Å². The lowest BCUT2D eigenvalue weighted by Crippen LogP contribution is -2.12. The summed E-state index contributed by atoms with van der Waals surface area (Å²) < 4.78 is 83.0. The largest absolute Gasteiger partial charge is 0.496 e. The summed E-state index contributed by atoms with van der Waals surface area (Å²) >= 11 is 0. The summed E-state index contributed by atoms with van der Waals surface area (Å²) in [5, 5.41) is 2.62. The zero-order valence-corrected chi connectivity index (χ0v) is 18.8. The van der Waals surface area contributed by atoms with Gasteiger partial charge in [-0.2, -0.15) is 13.2 Å². The Morgan fingerprint density at radius 2 is 1.76 bits per heavy atom. The van der Waals surface area contributed by atoms with Gasteiger partial charge in [0.25, 0.3) is 0 Å². The standard InChI is InChI=1S/C22H21F4N3O3S/c1-4-13-5-6-15(18(7-13)32-2)16-10-20(27-11-17(16)23)29-21-9-14(12-33(3,30)31)8-19(28-21)22(24,25)26/h5-11H,4,12H2,1-3H3,(H,27,28,29). The molecule has 0 unspecified atom stereocenters. The van der Waals surface area contributed by atoms with Gasteiger partial charge in [-0.25, -0.2) is 22.8 Å². The number of methoxy groups -OCH3 is 1. The highest BCUT2D eigenvalue weighted by molar-refractivity contribution is 7.89. The first-order chi connectivity index (χ1) is 15.4. The number of hydrogen-bond donors (Lipinski definition) is 1. The maximum Gasteiger partial charge on any atom is 0.433 e. The Balaban J connectivity index is 2.04. The second-order valence-corrected chi connectivity index (χ2v) is 9.52. The lowest BCUT2D eigenvalue weighted by molar-refractivity contribution is -0.141. The molecule has 0 atom stereocenters. The van der Waals surface area contributed by atoms with Crippen LogP contribution < -0.4 is 10.1 Å². The van der Waals surface area contributed by atoms with Gasteiger partial charge >= 0.3 is 6.18 Å². The lowest BCUT2D eigenvalue weighted by atomic mass is 10.0. The second-order valence-electron chi connectivity index (χ2n) is 7.38. The smallest absolute Gasteiger partial charge is 0.433 e. The highest BCUT2D eigenvalue weighted by Crippen LogP contribution is 2.35. The van der Waals surface area contributed by atoms with E-state index >= 15 is 0 Å². The molecule has 0 radical (unpaired) electrons. The van der Waals surface area contributed by atoms with E-state index in [0.717, 1.165) is 24.4 Å². The summed E-state index contributed by atoms with van der Waals surface area (Å²) in [6.07, 6.45) is -2.20. The summed E-state index contributed by atoms with van der Waals surface area (Å²) in [5.74, 6) is -1.08. The lowest BCUT2D eigenvalue weighted by Gasteiger charge is -2.14. The molecule has 0 amide bonds. The fraction of sp³-hybridized carbons (Fsp3) is 0.273. The van der Waals surface area contributed by atoms with Gasteiger partial charge in [0, 0.05) is 17.4 Å². The average molecular weight is 483 g/mol. The first-order valence-electron chi connectivity index (χ1n) is 9.75. The number of aromatic nitrogens is 2. The van der Waals surface area contributed by atoms with E-state index in [9.17, 15) is 26.0 Å². The van der Waals surface area contributed by atoms with Crippen molar-refractivity contribution >= 4 is 21.5 Å². The molecule has 3 rings (SSSR count). The maximum absolute atomic E-state index is 14.6. The highest BCUT2D eigenvalue weighted by atomic mass is 32.2. The third kappa shape index (κ3) is 6.19. The zero-order valence-electron chi connectivity index (χ0n) is 18.0. The second kappa shape index (κ2) is 9.34. The van der Waals surface area contributed by atoms with Crippen LogP contribution in [-0.2, 0) is 28.2 Å². The van der Waals surface area contributed by atoms with Crippen molar-refractivity contribution in [3.8, 4) is 16.9 Å². The van der Waals surface area contributed by atoms with Crippen molar-refractivity contribution in [2.24, 2.45) is 0 Å². The average Bonchev–Trinajstić information content (AvgIpc) is 2.72. The molecule has 2 heterocycles. The molecule has 0 saturated heterocycles. The number of ether oxygens (including phenoxy) is 1. The highest BCUT2D eigenvalue weighted by Gasteiger charge is 2.33. The molecule has 0 saturated carbocycles. The van der Waals surface area contributed by atoms with Gasteiger partial charge in [0.15, 0.2) is 9.84 Å². The number of nitrogens with zero attached hydrogens (tertiary/aromatic N) is 2. The fourth-order valence-corrected chi connectivity index (χ4v) is 3.98. The zero-order chi connectivity index (χ0) is 24.4. The molecule has 1 N–H and O–H groups in total. The molecular formula is C22H21F4N3O3S. The quantitative estimate of drug-likeness (QED) is 0.468. The van der Waals surface area contributed by atoms with Crippen LogP contribution >= 0.6 is 0 Å². The Morgan fingerprint density at radius 3 is 2.36 bits per heavy atom. The molecule has 11 heteroatoms. The van der Waals surface area contributed by atoms with Crippen molar-refractivity contribution in [2.75, 3.05) is 18.7 Å². The van der Waals surface area contributed by atoms with Crippen LogP contribution in [0.5, 0.6) is 5.75 Å². The van der Waals surface area contributed by atoms with Crippen molar-refractivity contribution in [1.29, 1.82) is 0 Å². The van der Waals surface area contributed by atoms with Gasteiger partial charge < -0.3 is 10.1 Å². The minimum atomic E-state index is -4.79. The number of halogens is 4. The molecule has 6 nitrogen and oxygen atoms in total. The Kier molecular flexibility index (Phi) is 6.92. The summed E-state index contributed by atoms with van der Waals surface area (Å²) in [4.78, 5) is 7.40. The number of nitrogens with one attached hydrogen (secondary N) is 1. The fourth-order valence-electron chi connectivity index (χ4n) is 3.21. The molecule has 0 aliphatic rings. The number of rotatable bonds is 7. The number of benzene rings is 1. The van der Waals surface area contributed by atoms with E-state index in [2.05, 4.69) is 15.3 Å². The van der Waals surface area contributed by atoms with E-state index in [0.29, 0.717) is 17.4 Å². The van der Waals surface area contributed by atoms with Gasteiger partial charge in [-0.1, -0.05) is 19.1 Å². The number of pyridine rings is 2. The summed E-state index contributed by atoms with van der Waals surface area (Å²) in [6.45, 7) is 1.96. The number of anilines is 2. The maximum atomic E-state index is 14.6. The number of aryl methyl sites for hydroxylation is 1. The number of hydrogen-bond acceptors (Lipinski definition) is 6. The molecule has 2 aromatic heterocycles. The Morgan fingerprint density at radius 1 is 1.03 bits per heavy atom. The van der Waals surface area contributed by atoms with E-state index in [4.69, 9.17) is 4.74 Å². The van der Waals surface area contributed by atoms with Gasteiger partial charge in [0.1, 0.15) is 28.9 Å². The van der Waals surface area contributed by atoms with Crippen molar-refractivity contribution in [1.82, 2.24) is 9.97 Å². The van der Waals surface area contributed by atoms with Crippen molar-refractivity contribution < 1.29 is 30.7 Å². The molecule has 0 aliphatic heterocycles. The molecule has 0 aliphatic carbocycles. The van der Waals surface area contributed by atoms with E-state index < -0.39 is 33.3 Å². The van der Waals surface area contributed by atoms with E-state index in [1.807, 2.05) is 13.0 Å².